The van der Waals surface area contributed by atoms with Crippen molar-refractivity contribution in [3.8, 4) is 0 Å². The number of hydrogen-bond acceptors (Lipinski definition) is 2. The van der Waals surface area contributed by atoms with Gasteiger partial charge in [0, 0.05) is 25.7 Å². The lowest BCUT2D eigenvalue weighted by molar-refractivity contribution is -0.137. The summed E-state index contributed by atoms with van der Waals surface area (Å²) in [6.45, 7) is 6.25. The van der Waals surface area contributed by atoms with Crippen LogP contribution in [0.2, 0.25) is 0 Å². The van der Waals surface area contributed by atoms with Crippen LogP contribution in [0.3, 0.4) is 0 Å². The number of likely N-dealkylation sites (tertiary alicyclic amines) is 1. The minimum absolute atomic E-state index is 0.0318. The van der Waals surface area contributed by atoms with E-state index in [4.69, 9.17) is 5.11 Å². The third-order valence-corrected chi connectivity index (χ3v) is 3.75. The summed E-state index contributed by atoms with van der Waals surface area (Å²) in [4.78, 5) is 26.7. The van der Waals surface area contributed by atoms with Crippen LogP contribution in [0.15, 0.2) is 0 Å². The Hall–Kier alpha value is -1.26. The Morgan fingerprint density at radius 1 is 1.39 bits per heavy atom. The number of hydrogen-bond donors (Lipinski definition) is 1. The Balaban J connectivity index is 1.94. The Morgan fingerprint density at radius 3 is 2.50 bits per heavy atom. The molecule has 0 atom stereocenters. The molecule has 0 aromatic rings. The first-order chi connectivity index (χ1) is 8.39. The average molecular weight is 254 g/mol. The van der Waals surface area contributed by atoms with E-state index in [1.165, 1.54) is 0 Å². The molecule has 0 unspecified atom stereocenters. The first-order valence-corrected chi connectivity index (χ1v) is 6.66. The molecule has 0 aromatic carbocycles. The number of rotatable bonds is 4. The second kappa shape index (κ2) is 4.78. The van der Waals surface area contributed by atoms with Crippen LogP contribution in [-0.4, -0.2) is 52.6 Å². The molecule has 0 spiro atoms. The van der Waals surface area contributed by atoms with E-state index in [0.717, 1.165) is 32.4 Å². The molecule has 5 nitrogen and oxygen atoms in total. The maximum absolute atomic E-state index is 12.4. The van der Waals surface area contributed by atoms with Gasteiger partial charge in [0.1, 0.15) is 0 Å². The van der Waals surface area contributed by atoms with E-state index in [9.17, 15) is 9.59 Å². The van der Waals surface area contributed by atoms with Crippen LogP contribution in [-0.2, 0) is 4.79 Å². The van der Waals surface area contributed by atoms with Crippen molar-refractivity contribution < 1.29 is 14.7 Å². The van der Waals surface area contributed by atoms with Gasteiger partial charge in [-0.25, -0.2) is 4.79 Å². The Labute approximate surface area is 108 Å². The van der Waals surface area contributed by atoms with Gasteiger partial charge in [-0.1, -0.05) is 13.8 Å². The minimum atomic E-state index is -0.838. The molecule has 0 radical (unpaired) electrons. The minimum Gasteiger partial charge on any atom is -0.481 e. The zero-order valence-electron chi connectivity index (χ0n) is 11.2. The summed E-state index contributed by atoms with van der Waals surface area (Å²) in [7, 11) is 0. The normalized spacial score (nSPS) is 22.0. The fourth-order valence-electron chi connectivity index (χ4n) is 2.49. The largest absolute Gasteiger partial charge is 0.481 e. The van der Waals surface area contributed by atoms with Gasteiger partial charge in [-0.15, -0.1) is 0 Å². The summed E-state index contributed by atoms with van der Waals surface area (Å²) < 4.78 is 0. The van der Waals surface area contributed by atoms with Gasteiger partial charge in [-0.05, 0) is 24.7 Å². The topological polar surface area (TPSA) is 60.9 Å². The van der Waals surface area contributed by atoms with E-state index in [-0.39, 0.29) is 23.9 Å². The lowest BCUT2D eigenvalue weighted by Gasteiger charge is -2.28. The van der Waals surface area contributed by atoms with Crippen molar-refractivity contribution in [2.45, 2.75) is 45.6 Å². The third-order valence-electron chi connectivity index (χ3n) is 3.75. The van der Waals surface area contributed by atoms with Crippen molar-refractivity contribution in [2.75, 3.05) is 19.6 Å². The summed E-state index contributed by atoms with van der Waals surface area (Å²) in [6.07, 6.45) is 3.10. The molecule has 18 heavy (non-hydrogen) atoms. The summed E-state index contributed by atoms with van der Waals surface area (Å²) >= 11 is 0. The van der Waals surface area contributed by atoms with Crippen LogP contribution in [0, 0.1) is 5.41 Å². The van der Waals surface area contributed by atoms with Gasteiger partial charge in [0.25, 0.3) is 0 Å². The van der Waals surface area contributed by atoms with Gasteiger partial charge in [-0.3, -0.25) is 4.79 Å². The summed E-state index contributed by atoms with van der Waals surface area (Å²) in [6, 6.07) is 0.310. The van der Waals surface area contributed by atoms with E-state index in [0.29, 0.717) is 6.54 Å². The van der Waals surface area contributed by atoms with Gasteiger partial charge in [-0.2, -0.15) is 0 Å². The second-order valence-corrected chi connectivity index (χ2v) is 6.19. The maximum atomic E-state index is 12.4. The molecule has 2 fully saturated rings. The first kappa shape index (κ1) is 13.2. The molecule has 2 aliphatic rings. The highest BCUT2D eigenvalue weighted by atomic mass is 16.4. The number of nitrogens with zero attached hydrogens (tertiary/aromatic N) is 2. The molecule has 1 heterocycles. The fourth-order valence-corrected chi connectivity index (χ4v) is 2.49. The average Bonchev–Trinajstić information content (AvgIpc) is 3.02. The second-order valence-electron chi connectivity index (χ2n) is 6.19. The molecule has 1 N–H and O–H groups in total. The number of urea groups is 1. The number of carbonyl (C=O) groups is 2. The Bertz CT molecular complexity index is 350. The Morgan fingerprint density at radius 2 is 2.06 bits per heavy atom. The van der Waals surface area contributed by atoms with Crippen molar-refractivity contribution in [2.24, 2.45) is 5.41 Å². The molecule has 1 saturated carbocycles. The lowest BCUT2D eigenvalue weighted by atomic mass is 9.93. The number of carboxylic acids is 1. The molecule has 2 rings (SSSR count). The quantitative estimate of drug-likeness (QED) is 0.831. The molecule has 1 saturated heterocycles. The van der Waals surface area contributed by atoms with Gasteiger partial charge in [0.2, 0.25) is 0 Å². The first-order valence-electron chi connectivity index (χ1n) is 6.66. The molecule has 0 aromatic heterocycles. The van der Waals surface area contributed by atoms with Crippen LogP contribution in [0.4, 0.5) is 4.79 Å². The molecular weight excluding hydrogens is 232 g/mol. The van der Waals surface area contributed by atoms with Crippen molar-refractivity contribution in [1.29, 1.82) is 0 Å². The van der Waals surface area contributed by atoms with Crippen molar-refractivity contribution in [3.05, 3.63) is 0 Å². The zero-order chi connectivity index (χ0) is 13.3. The van der Waals surface area contributed by atoms with Crippen LogP contribution < -0.4 is 0 Å². The highest BCUT2D eigenvalue weighted by Gasteiger charge is 2.39. The zero-order valence-corrected chi connectivity index (χ0v) is 11.2. The highest BCUT2D eigenvalue weighted by molar-refractivity contribution is 5.76. The molecule has 0 bridgehead atoms. The van der Waals surface area contributed by atoms with Crippen LogP contribution >= 0.6 is 0 Å². The van der Waals surface area contributed by atoms with E-state index in [1.54, 1.807) is 4.90 Å². The molecule has 1 aliphatic heterocycles. The van der Waals surface area contributed by atoms with E-state index < -0.39 is 5.97 Å². The number of aliphatic carboxylic acids is 1. The third kappa shape index (κ3) is 3.15. The van der Waals surface area contributed by atoms with Gasteiger partial charge >= 0.3 is 12.0 Å². The molecule has 2 amide bonds. The monoisotopic (exact) mass is 254 g/mol. The van der Waals surface area contributed by atoms with E-state index in [2.05, 4.69) is 13.8 Å². The molecule has 102 valence electrons. The van der Waals surface area contributed by atoms with Crippen LogP contribution in [0.5, 0.6) is 0 Å². The maximum Gasteiger partial charge on any atom is 0.320 e. The summed E-state index contributed by atoms with van der Waals surface area (Å²) in [5.41, 5.74) is 0.192. The summed E-state index contributed by atoms with van der Waals surface area (Å²) in [5.74, 6) is -0.838. The van der Waals surface area contributed by atoms with Gasteiger partial charge < -0.3 is 14.9 Å². The van der Waals surface area contributed by atoms with Gasteiger partial charge in [0.05, 0.1) is 6.42 Å². The Kier molecular flexibility index (Phi) is 3.50. The van der Waals surface area contributed by atoms with E-state index in [1.807, 2.05) is 4.90 Å². The lowest BCUT2D eigenvalue weighted by Crippen LogP contribution is -2.44. The SMILES string of the molecule is CC1(C)CCN(C(=O)N(CCC(=O)O)C2CC2)C1. The number of carbonyl (C=O) groups excluding carboxylic acids is 1. The predicted octanol–water partition coefficient (Wildman–Crippen LogP) is 1.78. The fraction of sp³-hybridized carbons (Fsp3) is 0.846. The van der Waals surface area contributed by atoms with E-state index >= 15 is 0 Å². The highest BCUT2D eigenvalue weighted by Crippen LogP contribution is 2.32. The van der Waals surface area contributed by atoms with Crippen molar-refractivity contribution >= 4 is 12.0 Å². The smallest absolute Gasteiger partial charge is 0.320 e. The predicted molar refractivity (Wildman–Crippen MR) is 67.3 cm³/mol. The van der Waals surface area contributed by atoms with Gasteiger partial charge in [0.15, 0.2) is 0 Å². The standard InChI is InChI=1S/C13H22N2O3/c1-13(2)6-8-14(9-13)12(18)15(10-3-4-10)7-5-11(16)17/h10H,3-9H2,1-2H3,(H,16,17). The number of carboxylic acid groups (broad SMARTS) is 1. The van der Waals surface area contributed by atoms with Crippen LogP contribution in [0.1, 0.15) is 39.5 Å². The van der Waals surface area contributed by atoms with Crippen LogP contribution in [0.25, 0.3) is 0 Å². The molecule has 5 heteroatoms. The van der Waals surface area contributed by atoms with Crippen molar-refractivity contribution in [3.63, 3.8) is 0 Å². The number of amides is 2. The summed E-state index contributed by atoms with van der Waals surface area (Å²) in [5, 5.41) is 8.74. The van der Waals surface area contributed by atoms with Crippen molar-refractivity contribution in [1.82, 2.24) is 9.80 Å². The molecule has 1 aliphatic carbocycles. The molecular formula is C13H22N2O3.